The number of methoxy groups -OCH3 is 1. The van der Waals surface area contributed by atoms with E-state index >= 15 is 0 Å². The van der Waals surface area contributed by atoms with E-state index in [1.165, 1.54) is 16.2 Å². The molecule has 1 fully saturated rings. The van der Waals surface area contributed by atoms with Gasteiger partial charge in [0.15, 0.2) is 0 Å². The van der Waals surface area contributed by atoms with Crippen LogP contribution >= 0.6 is 22.9 Å². The van der Waals surface area contributed by atoms with Gasteiger partial charge >= 0.3 is 6.09 Å². The van der Waals surface area contributed by atoms with Crippen LogP contribution in [0.3, 0.4) is 0 Å². The third-order valence-electron chi connectivity index (χ3n) is 4.93. The van der Waals surface area contributed by atoms with E-state index < -0.39 is 6.09 Å². The zero-order valence-corrected chi connectivity index (χ0v) is 17.0. The summed E-state index contributed by atoms with van der Waals surface area (Å²) in [4.78, 5) is 30.0. The quantitative estimate of drug-likeness (QED) is 0.731. The van der Waals surface area contributed by atoms with Crippen molar-refractivity contribution in [2.45, 2.75) is 25.3 Å². The fourth-order valence-corrected chi connectivity index (χ4v) is 4.30. The van der Waals surface area contributed by atoms with Crippen molar-refractivity contribution in [3.63, 3.8) is 0 Å². The Hall–Kier alpha value is -2.32. The molecule has 3 heterocycles. The zero-order valence-electron chi connectivity index (χ0n) is 15.4. The molecule has 2 aromatic rings. The standard InChI is InChI=1S/C19H22ClN3O4S/c1-27-17-5-2-13(11-21-17)14(22-18(24)15-3-4-16(20)28-15)10-12-6-8-23(9-7-12)19(25)26/h2-5,11-12,14H,6-10H2,1H3,(H,22,24)(H,25,26). The number of nitrogens with one attached hydrogen (secondary N) is 1. The molecule has 9 heteroatoms. The molecule has 0 spiro atoms. The maximum absolute atomic E-state index is 12.7. The summed E-state index contributed by atoms with van der Waals surface area (Å²) in [5.41, 5.74) is 0.887. The molecule has 2 aromatic heterocycles. The maximum Gasteiger partial charge on any atom is 0.407 e. The van der Waals surface area contributed by atoms with Gasteiger partial charge in [-0.15, -0.1) is 11.3 Å². The second-order valence-electron chi connectivity index (χ2n) is 6.71. The predicted molar refractivity (Wildman–Crippen MR) is 107 cm³/mol. The number of piperidine rings is 1. The van der Waals surface area contributed by atoms with Crippen molar-refractivity contribution in [2.75, 3.05) is 20.2 Å². The van der Waals surface area contributed by atoms with Crippen molar-refractivity contribution in [3.8, 4) is 5.88 Å². The fourth-order valence-electron chi connectivity index (χ4n) is 3.36. The van der Waals surface area contributed by atoms with Crippen LogP contribution in [0.5, 0.6) is 5.88 Å². The van der Waals surface area contributed by atoms with Gasteiger partial charge < -0.3 is 20.1 Å². The third-order valence-corrected chi connectivity index (χ3v) is 6.16. The summed E-state index contributed by atoms with van der Waals surface area (Å²) < 4.78 is 5.68. The van der Waals surface area contributed by atoms with Crippen LogP contribution in [0.15, 0.2) is 30.5 Å². The van der Waals surface area contributed by atoms with Crippen molar-refractivity contribution in [1.29, 1.82) is 0 Å². The summed E-state index contributed by atoms with van der Waals surface area (Å²) in [5.74, 6) is 0.643. The molecule has 3 rings (SSSR count). The van der Waals surface area contributed by atoms with Gasteiger partial charge in [-0.3, -0.25) is 4.79 Å². The fraction of sp³-hybridized carbons (Fsp3) is 0.421. The van der Waals surface area contributed by atoms with Crippen LogP contribution < -0.4 is 10.1 Å². The Morgan fingerprint density at radius 1 is 1.36 bits per heavy atom. The van der Waals surface area contributed by atoms with E-state index in [2.05, 4.69) is 10.3 Å². The highest BCUT2D eigenvalue weighted by Gasteiger charge is 2.27. The van der Waals surface area contributed by atoms with Crippen molar-refractivity contribution >= 4 is 34.9 Å². The van der Waals surface area contributed by atoms with Crippen LogP contribution in [-0.2, 0) is 0 Å². The molecule has 2 N–H and O–H groups in total. The Kier molecular flexibility index (Phi) is 6.74. The van der Waals surface area contributed by atoms with Crippen LogP contribution in [-0.4, -0.2) is 47.2 Å². The van der Waals surface area contributed by atoms with E-state index in [-0.39, 0.29) is 11.9 Å². The first-order valence-electron chi connectivity index (χ1n) is 9.00. The highest BCUT2D eigenvalue weighted by molar-refractivity contribution is 7.18. The monoisotopic (exact) mass is 423 g/mol. The number of halogens is 1. The lowest BCUT2D eigenvalue weighted by Gasteiger charge is -2.32. The number of thiophene rings is 1. The number of hydrogen-bond donors (Lipinski definition) is 2. The number of carbonyl (C=O) groups is 2. The number of carbonyl (C=O) groups excluding carboxylic acids is 1. The number of likely N-dealkylation sites (tertiary alicyclic amines) is 1. The average Bonchev–Trinajstić information content (AvgIpc) is 3.14. The molecule has 28 heavy (non-hydrogen) atoms. The molecule has 0 aliphatic carbocycles. The topological polar surface area (TPSA) is 91.8 Å². The first kappa shape index (κ1) is 20.4. The summed E-state index contributed by atoms with van der Waals surface area (Å²) in [6.07, 6.45) is 3.08. The zero-order chi connectivity index (χ0) is 20.1. The Labute approximate surface area is 172 Å². The van der Waals surface area contributed by atoms with Gasteiger partial charge in [0.05, 0.1) is 22.4 Å². The largest absolute Gasteiger partial charge is 0.481 e. The Morgan fingerprint density at radius 3 is 2.64 bits per heavy atom. The van der Waals surface area contributed by atoms with Gasteiger partial charge in [0, 0.05) is 25.4 Å². The molecule has 0 bridgehead atoms. The van der Waals surface area contributed by atoms with Crippen LogP contribution in [0.1, 0.15) is 40.5 Å². The highest BCUT2D eigenvalue weighted by Crippen LogP contribution is 2.30. The minimum absolute atomic E-state index is 0.180. The Balaban J connectivity index is 1.72. The molecule has 1 saturated heterocycles. The van der Waals surface area contributed by atoms with E-state index in [9.17, 15) is 9.59 Å². The number of ether oxygens (including phenoxy) is 1. The molecule has 150 valence electrons. The minimum Gasteiger partial charge on any atom is -0.481 e. The smallest absolute Gasteiger partial charge is 0.407 e. The molecule has 1 atom stereocenters. The van der Waals surface area contributed by atoms with Crippen molar-refractivity contribution < 1.29 is 19.4 Å². The average molecular weight is 424 g/mol. The number of nitrogens with zero attached hydrogens (tertiary/aromatic N) is 2. The van der Waals surface area contributed by atoms with Crippen molar-refractivity contribution in [2.24, 2.45) is 5.92 Å². The predicted octanol–water partition coefficient (Wildman–Crippen LogP) is 4.06. The lowest BCUT2D eigenvalue weighted by atomic mass is 9.88. The van der Waals surface area contributed by atoms with Crippen LogP contribution in [0.4, 0.5) is 4.79 Å². The second-order valence-corrected chi connectivity index (χ2v) is 8.43. The summed E-state index contributed by atoms with van der Waals surface area (Å²) in [5, 5.41) is 12.2. The first-order valence-corrected chi connectivity index (χ1v) is 10.2. The Bertz CT molecular complexity index is 819. The van der Waals surface area contributed by atoms with Gasteiger partial charge in [-0.2, -0.15) is 0 Å². The molecule has 2 amide bonds. The SMILES string of the molecule is COc1ccc(C(CC2CCN(C(=O)O)CC2)NC(=O)c2ccc(Cl)s2)cn1. The van der Waals surface area contributed by atoms with Gasteiger partial charge in [-0.05, 0) is 42.9 Å². The summed E-state index contributed by atoms with van der Waals surface area (Å²) in [6.45, 7) is 1.03. The van der Waals surface area contributed by atoms with Crippen molar-refractivity contribution in [1.82, 2.24) is 15.2 Å². The van der Waals surface area contributed by atoms with Gasteiger partial charge in [0.1, 0.15) is 0 Å². The van der Waals surface area contributed by atoms with Gasteiger partial charge in [0.25, 0.3) is 5.91 Å². The molecular weight excluding hydrogens is 402 g/mol. The number of hydrogen-bond acceptors (Lipinski definition) is 5. The highest BCUT2D eigenvalue weighted by atomic mass is 35.5. The normalized spacial score (nSPS) is 15.9. The van der Waals surface area contributed by atoms with Gasteiger partial charge in [-0.1, -0.05) is 17.7 Å². The van der Waals surface area contributed by atoms with Gasteiger partial charge in [0.2, 0.25) is 5.88 Å². The first-order chi connectivity index (χ1) is 13.5. The molecule has 1 aliphatic heterocycles. The molecule has 7 nitrogen and oxygen atoms in total. The number of amides is 2. The number of pyridine rings is 1. The van der Waals surface area contributed by atoms with Gasteiger partial charge in [-0.25, -0.2) is 9.78 Å². The summed E-state index contributed by atoms with van der Waals surface area (Å²) in [7, 11) is 1.55. The van der Waals surface area contributed by atoms with E-state index in [1.54, 1.807) is 31.5 Å². The molecule has 0 saturated carbocycles. The molecule has 1 unspecified atom stereocenters. The van der Waals surface area contributed by atoms with Crippen molar-refractivity contribution in [3.05, 3.63) is 45.2 Å². The molecular formula is C19H22ClN3O4S. The van der Waals surface area contributed by atoms with E-state index in [0.29, 0.717) is 40.5 Å². The molecule has 1 aliphatic rings. The minimum atomic E-state index is -0.878. The lowest BCUT2D eigenvalue weighted by molar-refractivity contribution is 0.0926. The van der Waals surface area contributed by atoms with Crippen LogP contribution in [0.2, 0.25) is 4.34 Å². The molecule has 0 aromatic carbocycles. The maximum atomic E-state index is 12.7. The number of carboxylic acid groups (broad SMARTS) is 1. The summed E-state index contributed by atoms with van der Waals surface area (Å²) in [6, 6.07) is 6.84. The lowest BCUT2D eigenvalue weighted by Crippen LogP contribution is -2.39. The van der Waals surface area contributed by atoms with Crippen LogP contribution in [0, 0.1) is 5.92 Å². The second kappa shape index (κ2) is 9.25. The van der Waals surface area contributed by atoms with E-state index in [0.717, 1.165) is 18.4 Å². The number of rotatable bonds is 6. The third kappa shape index (κ3) is 5.14. The number of aromatic nitrogens is 1. The molecule has 0 radical (unpaired) electrons. The summed E-state index contributed by atoms with van der Waals surface area (Å²) >= 11 is 7.18. The van der Waals surface area contributed by atoms with E-state index in [1.807, 2.05) is 6.07 Å². The van der Waals surface area contributed by atoms with Crippen LogP contribution in [0.25, 0.3) is 0 Å². The van der Waals surface area contributed by atoms with E-state index in [4.69, 9.17) is 21.4 Å². The Morgan fingerprint density at radius 2 is 2.11 bits per heavy atom.